The summed E-state index contributed by atoms with van der Waals surface area (Å²) < 4.78 is 0. The number of amidine groups is 1. The first-order valence-electron chi connectivity index (χ1n) is 4.98. The van der Waals surface area contributed by atoms with Gasteiger partial charge < -0.3 is 4.90 Å². The quantitative estimate of drug-likeness (QED) is 0.835. The van der Waals surface area contributed by atoms with Gasteiger partial charge in [0.25, 0.3) is 0 Å². The third kappa shape index (κ3) is 3.57. The van der Waals surface area contributed by atoms with E-state index in [1.54, 1.807) is 0 Å². The number of carbonyl (C=O) groups is 1. The molecule has 1 N–H and O–H groups in total. The van der Waals surface area contributed by atoms with Gasteiger partial charge in [-0.2, -0.15) is 0 Å². The molecule has 4 nitrogen and oxygen atoms in total. The number of amides is 2. The maximum atomic E-state index is 11.8. The molecule has 1 fully saturated rings. The Labute approximate surface area is 101 Å². The van der Waals surface area contributed by atoms with E-state index in [9.17, 15) is 4.79 Å². The lowest BCUT2D eigenvalue weighted by Crippen LogP contribution is -2.49. The fraction of sp³-hybridized carbons (Fsp3) is 0.778. The van der Waals surface area contributed by atoms with Crippen molar-refractivity contribution in [1.82, 2.24) is 9.80 Å². The molecule has 1 heterocycles. The third-order valence-corrected chi connectivity index (χ3v) is 3.14. The molecule has 6 heteroatoms. The van der Waals surface area contributed by atoms with Crippen molar-refractivity contribution < 1.29 is 4.79 Å². The first-order chi connectivity index (χ1) is 6.70. The second-order valence-corrected chi connectivity index (χ2v) is 4.16. The SMILES string of the molecule is CCCCN1CSC(=N)N(CC)C1=O.Cl. The van der Waals surface area contributed by atoms with Crippen LogP contribution in [0.2, 0.25) is 0 Å². The van der Waals surface area contributed by atoms with E-state index in [1.807, 2.05) is 11.8 Å². The van der Waals surface area contributed by atoms with Crippen LogP contribution in [-0.4, -0.2) is 40.0 Å². The fourth-order valence-corrected chi connectivity index (χ4v) is 2.20. The van der Waals surface area contributed by atoms with Crippen LogP contribution in [0.5, 0.6) is 0 Å². The van der Waals surface area contributed by atoms with Gasteiger partial charge in [-0.05, 0) is 13.3 Å². The summed E-state index contributed by atoms with van der Waals surface area (Å²) in [5.74, 6) is 0.633. The number of thioether (sulfide) groups is 1. The first-order valence-corrected chi connectivity index (χ1v) is 5.97. The summed E-state index contributed by atoms with van der Waals surface area (Å²) in [6.45, 7) is 5.41. The van der Waals surface area contributed by atoms with Crippen LogP contribution in [0.3, 0.4) is 0 Å². The second kappa shape index (κ2) is 6.95. The van der Waals surface area contributed by atoms with Crippen molar-refractivity contribution in [2.45, 2.75) is 26.7 Å². The number of nitrogens with zero attached hydrogens (tertiary/aromatic N) is 2. The number of rotatable bonds is 4. The van der Waals surface area contributed by atoms with Crippen LogP contribution in [0.25, 0.3) is 0 Å². The lowest BCUT2D eigenvalue weighted by Gasteiger charge is -2.34. The molecule has 1 rings (SSSR count). The zero-order valence-electron chi connectivity index (χ0n) is 9.15. The predicted octanol–water partition coefficient (Wildman–Crippen LogP) is 2.59. The molecule has 88 valence electrons. The zero-order chi connectivity index (χ0) is 10.6. The van der Waals surface area contributed by atoms with Crippen LogP contribution in [0.15, 0.2) is 0 Å². The van der Waals surface area contributed by atoms with Gasteiger partial charge in [0.15, 0.2) is 5.17 Å². The number of urea groups is 1. The average Bonchev–Trinajstić information content (AvgIpc) is 2.18. The zero-order valence-corrected chi connectivity index (χ0v) is 10.8. The lowest BCUT2D eigenvalue weighted by molar-refractivity contribution is 0.183. The molecule has 0 aromatic heterocycles. The number of halogens is 1. The van der Waals surface area contributed by atoms with Gasteiger partial charge in [0.1, 0.15) is 0 Å². The molecule has 0 radical (unpaired) electrons. The molecule has 0 spiro atoms. The molecule has 0 unspecified atom stereocenters. The molecular formula is C9H18ClN3OS. The van der Waals surface area contributed by atoms with E-state index < -0.39 is 0 Å². The Morgan fingerprint density at radius 1 is 1.47 bits per heavy atom. The largest absolute Gasteiger partial charge is 0.326 e. The molecule has 2 amide bonds. The van der Waals surface area contributed by atoms with Gasteiger partial charge in [-0.1, -0.05) is 25.1 Å². The van der Waals surface area contributed by atoms with Crippen LogP contribution < -0.4 is 0 Å². The van der Waals surface area contributed by atoms with Crippen LogP contribution >= 0.6 is 24.2 Å². The number of carbonyl (C=O) groups excluding carboxylic acids is 1. The fourth-order valence-electron chi connectivity index (χ4n) is 1.32. The minimum atomic E-state index is -0.00954. The van der Waals surface area contributed by atoms with E-state index in [4.69, 9.17) is 5.41 Å². The Morgan fingerprint density at radius 2 is 2.13 bits per heavy atom. The highest BCUT2D eigenvalue weighted by Gasteiger charge is 2.28. The van der Waals surface area contributed by atoms with Crippen molar-refractivity contribution in [3.05, 3.63) is 0 Å². The molecule has 0 aromatic carbocycles. The average molecular weight is 252 g/mol. The molecule has 0 bridgehead atoms. The topological polar surface area (TPSA) is 47.4 Å². The molecule has 0 atom stereocenters. The van der Waals surface area contributed by atoms with E-state index >= 15 is 0 Å². The lowest BCUT2D eigenvalue weighted by atomic mass is 10.3. The van der Waals surface area contributed by atoms with Crippen LogP contribution in [-0.2, 0) is 0 Å². The Kier molecular flexibility index (Phi) is 6.76. The molecule has 0 aromatic rings. The summed E-state index contributed by atoms with van der Waals surface area (Å²) in [7, 11) is 0. The normalized spacial score (nSPS) is 16.7. The van der Waals surface area contributed by atoms with Crippen LogP contribution in [0, 0.1) is 5.41 Å². The van der Waals surface area contributed by atoms with Crippen LogP contribution in [0.4, 0.5) is 4.79 Å². The summed E-state index contributed by atoms with van der Waals surface area (Å²) in [6, 6.07) is -0.00954. The van der Waals surface area contributed by atoms with E-state index in [-0.39, 0.29) is 18.4 Å². The number of nitrogens with one attached hydrogen (secondary N) is 1. The van der Waals surface area contributed by atoms with Gasteiger partial charge in [0.05, 0.1) is 5.88 Å². The molecule has 1 aliphatic rings. The van der Waals surface area contributed by atoms with Gasteiger partial charge in [-0.25, -0.2) is 4.79 Å². The highest BCUT2D eigenvalue weighted by Crippen LogP contribution is 2.19. The van der Waals surface area contributed by atoms with Crippen molar-refractivity contribution in [2.75, 3.05) is 19.0 Å². The molecule has 1 aliphatic heterocycles. The monoisotopic (exact) mass is 251 g/mol. The Hall–Kier alpha value is -0.420. The van der Waals surface area contributed by atoms with Crippen LogP contribution in [0.1, 0.15) is 26.7 Å². The van der Waals surface area contributed by atoms with E-state index in [2.05, 4.69) is 6.92 Å². The minimum absolute atomic E-state index is 0. The predicted molar refractivity (Wildman–Crippen MR) is 66.8 cm³/mol. The maximum absolute atomic E-state index is 11.8. The molecule has 1 saturated heterocycles. The maximum Gasteiger partial charge on any atom is 0.326 e. The highest BCUT2D eigenvalue weighted by atomic mass is 35.5. The first kappa shape index (κ1) is 14.6. The van der Waals surface area contributed by atoms with Crippen molar-refractivity contribution in [1.29, 1.82) is 5.41 Å². The van der Waals surface area contributed by atoms with E-state index in [0.29, 0.717) is 17.6 Å². The van der Waals surface area contributed by atoms with E-state index in [1.165, 1.54) is 16.7 Å². The molecular weight excluding hydrogens is 234 g/mol. The summed E-state index contributed by atoms with van der Waals surface area (Å²) in [4.78, 5) is 15.1. The van der Waals surface area contributed by atoms with Gasteiger partial charge in [-0.15, -0.1) is 12.4 Å². The highest BCUT2D eigenvalue weighted by molar-refractivity contribution is 8.13. The smallest absolute Gasteiger partial charge is 0.315 e. The number of unbranched alkanes of at least 4 members (excludes halogenated alkanes) is 1. The Morgan fingerprint density at radius 3 is 2.67 bits per heavy atom. The van der Waals surface area contributed by atoms with Gasteiger partial charge in [-0.3, -0.25) is 10.3 Å². The van der Waals surface area contributed by atoms with Crippen molar-refractivity contribution in [3.63, 3.8) is 0 Å². The molecule has 0 saturated carbocycles. The minimum Gasteiger partial charge on any atom is -0.315 e. The van der Waals surface area contributed by atoms with Gasteiger partial charge >= 0.3 is 6.03 Å². The second-order valence-electron chi connectivity index (χ2n) is 3.22. The summed E-state index contributed by atoms with van der Waals surface area (Å²) in [5, 5.41) is 7.96. The van der Waals surface area contributed by atoms with Crippen molar-refractivity contribution in [3.8, 4) is 0 Å². The van der Waals surface area contributed by atoms with Gasteiger partial charge in [0.2, 0.25) is 0 Å². The van der Waals surface area contributed by atoms with E-state index in [0.717, 1.165) is 19.4 Å². The summed E-state index contributed by atoms with van der Waals surface area (Å²) >= 11 is 1.43. The standard InChI is InChI=1S/C9H17N3OS.ClH/c1-3-5-6-11-7-14-8(10)12(4-2)9(11)13;/h10H,3-7H2,1-2H3;1H. The number of hydrogen-bond donors (Lipinski definition) is 1. The third-order valence-electron chi connectivity index (χ3n) is 2.20. The molecule has 0 aliphatic carbocycles. The summed E-state index contributed by atoms with van der Waals surface area (Å²) in [6.07, 6.45) is 2.13. The Balaban J connectivity index is 0.00000196. The van der Waals surface area contributed by atoms with Crippen molar-refractivity contribution in [2.24, 2.45) is 0 Å². The summed E-state index contributed by atoms with van der Waals surface area (Å²) in [5.41, 5.74) is 0. The number of hydrogen-bond acceptors (Lipinski definition) is 3. The van der Waals surface area contributed by atoms with Gasteiger partial charge in [0, 0.05) is 13.1 Å². The van der Waals surface area contributed by atoms with Crippen molar-refractivity contribution >= 4 is 35.4 Å². The Bertz CT molecular complexity index is 237. The molecule has 15 heavy (non-hydrogen) atoms.